The van der Waals surface area contributed by atoms with Gasteiger partial charge in [0.2, 0.25) is 0 Å². The Morgan fingerprint density at radius 2 is 1.78 bits per heavy atom. The third kappa shape index (κ3) is 5.76. The van der Waals surface area contributed by atoms with E-state index in [0.29, 0.717) is 10.6 Å². The first-order valence-corrected chi connectivity index (χ1v) is 11.2. The Balaban J connectivity index is 1.56. The van der Waals surface area contributed by atoms with Crippen molar-refractivity contribution >= 4 is 52.8 Å². The molecule has 9 nitrogen and oxygen atoms in total. The third-order valence-corrected chi connectivity index (χ3v) is 5.44. The van der Waals surface area contributed by atoms with Crippen LogP contribution in [0.4, 0.5) is 20.6 Å². The summed E-state index contributed by atoms with van der Waals surface area (Å²) in [6.07, 6.45) is 1.22. The number of amides is 5. The van der Waals surface area contributed by atoms with Crippen LogP contribution in [-0.2, 0) is 14.4 Å². The first kappa shape index (κ1) is 25.4. The fourth-order valence-corrected chi connectivity index (χ4v) is 3.74. The summed E-state index contributed by atoms with van der Waals surface area (Å²) in [5, 5.41) is 4.81. The topological polar surface area (TPSA) is 114 Å². The molecule has 0 unspecified atom stereocenters. The number of imide groups is 2. The van der Waals surface area contributed by atoms with Crippen LogP contribution in [0.1, 0.15) is 5.56 Å². The monoisotopic (exact) mass is 523 g/mol. The lowest BCUT2D eigenvalue weighted by molar-refractivity contribution is -0.122. The highest BCUT2D eigenvalue weighted by Gasteiger charge is 2.36. The molecule has 2 N–H and O–H groups in total. The number of benzene rings is 3. The van der Waals surface area contributed by atoms with E-state index in [-0.39, 0.29) is 40.0 Å². The van der Waals surface area contributed by atoms with E-state index in [1.807, 2.05) is 6.07 Å². The summed E-state index contributed by atoms with van der Waals surface area (Å²) in [5.74, 6) is -2.58. The number of anilines is 2. The molecule has 3 aromatic carbocycles. The molecule has 0 bridgehead atoms. The van der Waals surface area contributed by atoms with Gasteiger partial charge in [0.25, 0.3) is 17.7 Å². The zero-order chi connectivity index (χ0) is 26.5. The fraction of sp³-hybridized carbons (Fsp3) is 0.0769. The SMILES string of the molecule is COc1cc(/C=C2\C(=O)NC(=O)N(c3ccc(F)cc3)C2=O)cc(Cl)c1OCC(=O)Nc1ccccc1. The Labute approximate surface area is 215 Å². The molecule has 0 atom stereocenters. The second kappa shape index (κ2) is 10.9. The zero-order valence-corrected chi connectivity index (χ0v) is 20.0. The van der Waals surface area contributed by atoms with Crippen molar-refractivity contribution in [3.63, 3.8) is 0 Å². The number of ether oxygens (including phenoxy) is 2. The molecule has 0 spiro atoms. The number of methoxy groups -OCH3 is 1. The van der Waals surface area contributed by atoms with Crippen molar-refractivity contribution in [3.05, 3.63) is 88.7 Å². The van der Waals surface area contributed by atoms with Crippen molar-refractivity contribution < 1.29 is 33.0 Å². The van der Waals surface area contributed by atoms with Gasteiger partial charge in [-0.3, -0.25) is 19.7 Å². The van der Waals surface area contributed by atoms with Gasteiger partial charge in [0.15, 0.2) is 18.1 Å². The number of hydrogen-bond donors (Lipinski definition) is 2. The van der Waals surface area contributed by atoms with E-state index >= 15 is 0 Å². The Bertz CT molecular complexity index is 1410. The first-order chi connectivity index (χ1) is 17.8. The van der Waals surface area contributed by atoms with Gasteiger partial charge in [0, 0.05) is 5.69 Å². The maximum absolute atomic E-state index is 13.3. The van der Waals surface area contributed by atoms with Gasteiger partial charge in [-0.05, 0) is 60.2 Å². The lowest BCUT2D eigenvalue weighted by atomic mass is 10.1. The highest BCUT2D eigenvalue weighted by Crippen LogP contribution is 2.37. The fourth-order valence-electron chi connectivity index (χ4n) is 3.47. The van der Waals surface area contributed by atoms with Crippen LogP contribution in [0.5, 0.6) is 11.5 Å². The minimum absolute atomic E-state index is 0.0499. The maximum Gasteiger partial charge on any atom is 0.335 e. The van der Waals surface area contributed by atoms with Crippen molar-refractivity contribution in [2.75, 3.05) is 23.9 Å². The van der Waals surface area contributed by atoms with E-state index in [1.54, 1.807) is 24.3 Å². The Kier molecular flexibility index (Phi) is 7.49. The number of hydrogen-bond acceptors (Lipinski definition) is 6. The average molecular weight is 524 g/mol. The minimum Gasteiger partial charge on any atom is -0.493 e. The van der Waals surface area contributed by atoms with Gasteiger partial charge in [-0.15, -0.1) is 0 Å². The van der Waals surface area contributed by atoms with Gasteiger partial charge >= 0.3 is 6.03 Å². The molecule has 4 rings (SSSR count). The summed E-state index contributed by atoms with van der Waals surface area (Å²) < 4.78 is 24.2. The van der Waals surface area contributed by atoms with Crippen molar-refractivity contribution in [3.8, 4) is 11.5 Å². The van der Waals surface area contributed by atoms with Crippen LogP contribution >= 0.6 is 11.6 Å². The van der Waals surface area contributed by atoms with Gasteiger partial charge in [-0.2, -0.15) is 0 Å². The summed E-state index contributed by atoms with van der Waals surface area (Å²) in [6, 6.07) is 15.3. The Hall–Kier alpha value is -4.70. The molecule has 0 aromatic heterocycles. The van der Waals surface area contributed by atoms with E-state index in [1.165, 1.54) is 37.5 Å². The van der Waals surface area contributed by atoms with Gasteiger partial charge in [-0.1, -0.05) is 29.8 Å². The predicted octanol–water partition coefficient (Wildman–Crippen LogP) is 4.17. The molecule has 1 saturated heterocycles. The number of nitrogens with zero attached hydrogens (tertiary/aromatic N) is 1. The number of carbonyl (C=O) groups excluding carboxylic acids is 4. The molecule has 188 valence electrons. The number of halogens is 2. The Morgan fingerprint density at radius 3 is 2.46 bits per heavy atom. The van der Waals surface area contributed by atoms with E-state index in [0.717, 1.165) is 12.1 Å². The van der Waals surface area contributed by atoms with Crippen LogP contribution in [0.3, 0.4) is 0 Å². The molecule has 1 fully saturated rings. The summed E-state index contributed by atoms with van der Waals surface area (Å²) in [5.41, 5.74) is 0.600. The molecule has 1 aliphatic heterocycles. The molecule has 1 aliphatic rings. The van der Waals surface area contributed by atoms with E-state index in [2.05, 4.69) is 10.6 Å². The lowest BCUT2D eigenvalue weighted by Gasteiger charge is -2.26. The second-order valence-electron chi connectivity index (χ2n) is 7.67. The van der Waals surface area contributed by atoms with Crippen LogP contribution in [0.25, 0.3) is 6.08 Å². The number of carbonyl (C=O) groups is 4. The molecule has 3 aromatic rings. The van der Waals surface area contributed by atoms with Crippen LogP contribution in [0.15, 0.2) is 72.3 Å². The van der Waals surface area contributed by atoms with Gasteiger partial charge in [0.1, 0.15) is 11.4 Å². The number of barbiturate groups is 1. The summed E-state index contributed by atoms with van der Waals surface area (Å²) in [6.45, 7) is -0.360. The minimum atomic E-state index is -0.966. The van der Waals surface area contributed by atoms with Crippen molar-refractivity contribution in [2.24, 2.45) is 0 Å². The first-order valence-electron chi connectivity index (χ1n) is 10.8. The molecule has 0 radical (unpaired) electrons. The van der Waals surface area contributed by atoms with E-state index in [4.69, 9.17) is 21.1 Å². The standard InChI is InChI=1S/C26H19ClFN3O6/c1-36-21-13-15(12-20(27)23(21)37-14-22(32)29-17-5-3-2-4-6-17)11-19-24(33)30-26(35)31(25(19)34)18-9-7-16(28)8-10-18/h2-13H,14H2,1H3,(H,29,32)(H,30,33,35)/b19-11+. The van der Waals surface area contributed by atoms with Crippen LogP contribution in [0, 0.1) is 5.82 Å². The molecular formula is C26H19ClFN3O6. The molecule has 5 amide bonds. The number of para-hydroxylation sites is 1. The maximum atomic E-state index is 13.3. The zero-order valence-electron chi connectivity index (χ0n) is 19.3. The summed E-state index contributed by atoms with van der Waals surface area (Å²) >= 11 is 6.36. The average Bonchev–Trinajstić information content (AvgIpc) is 2.87. The van der Waals surface area contributed by atoms with Gasteiger partial charge in [0.05, 0.1) is 17.8 Å². The second-order valence-corrected chi connectivity index (χ2v) is 8.08. The third-order valence-electron chi connectivity index (χ3n) is 5.15. The summed E-state index contributed by atoms with van der Waals surface area (Å²) in [4.78, 5) is 50.7. The number of nitrogens with one attached hydrogen (secondary N) is 2. The van der Waals surface area contributed by atoms with Crippen LogP contribution in [0.2, 0.25) is 5.02 Å². The van der Waals surface area contributed by atoms with Crippen molar-refractivity contribution in [2.45, 2.75) is 0 Å². The number of urea groups is 1. The molecule has 37 heavy (non-hydrogen) atoms. The van der Waals surface area contributed by atoms with Crippen LogP contribution in [-0.4, -0.2) is 37.5 Å². The smallest absolute Gasteiger partial charge is 0.335 e. The molecule has 0 saturated carbocycles. The van der Waals surface area contributed by atoms with Crippen molar-refractivity contribution in [1.29, 1.82) is 0 Å². The highest BCUT2D eigenvalue weighted by molar-refractivity contribution is 6.39. The van der Waals surface area contributed by atoms with Gasteiger partial charge < -0.3 is 14.8 Å². The number of rotatable bonds is 7. The Morgan fingerprint density at radius 1 is 1.08 bits per heavy atom. The predicted molar refractivity (Wildman–Crippen MR) is 134 cm³/mol. The van der Waals surface area contributed by atoms with E-state index in [9.17, 15) is 23.6 Å². The van der Waals surface area contributed by atoms with Crippen LogP contribution < -0.4 is 25.0 Å². The largest absolute Gasteiger partial charge is 0.493 e. The lowest BCUT2D eigenvalue weighted by Crippen LogP contribution is -2.54. The molecule has 11 heteroatoms. The highest BCUT2D eigenvalue weighted by atomic mass is 35.5. The quantitative estimate of drug-likeness (QED) is 0.355. The molecular weight excluding hydrogens is 505 g/mol. The van der Waals surface area contributed by atoms with Gasteiger partial charge in [-0.25, -0.2) is 14.1 Å². The summed E-state index contributed by atoms with van der Waals surface area (Å²) in [7, 11) is 1.35. The van der Waals surface area contributed by atoms with E-state index < -0.39 is 29.6 Å². The van der Waals surface area contributed by atoms with Crippen molar-refractivity contribution in [1.82, 2.24) is 5.32 Å². The molecule has 1 heterocycles. The molecule has 0 aliphatic carbocycles. The normalized spacial score (nSPS) is 14.4.